The van der Waals surface area contributed by atoms with Crippen LogP contribution in [0.2, 0.25) is 0 Å². The first-order valence-corrected chi connectivity index (χ1v) is 7.09. The molecule has 0 aliphatic heterocycles. The summed E-state index contributed by atoms with van der Waals surface area (Å²) in [4.78, 5) is 11.1. The Labute approximate surface area is 121 Å². The number of hydrogen-bond acceptors (Lipinski definition) is 1. The van der Waals surface area contributed by atoms with Gasteiger partial charge in [0, 0.05) is 4.83 Å². The molecule has 0 spiro atoms. The summed E-state index contributed by atoms with van der Waals surface area (Å²) in [7, 11) is 0. The first kappa shape index (κ1) is 13.8. The zero-order valence-electron chi connectivity index (χ0n) is 10.4. The monoisotopic (exact) mass is 318 g/mol. The molecule has 3 heteroatoms. The molecular weight excluding hydrogens is 304 g/mol. The predicted octanol–water partition coefficient (Wildman–Crippen LogP) is 4.45. The number of carboxylic acid groups (broad SMARTS) is 1. The van der Waals surface area contributed by atoms with E-state index in [0.29, 0.717) is 10.4 Å². The van der Waals surface area contributed by atoms with Gasteiger partial charge in [-0.1, -0.05) is 58.4 Å². The summed E-state index contributed by atoms with van der Waals surface area (Å²) in [5.41, 5.74) is 2.76. The minimum Gasteiger partial charge on any atom is -0.478 e. The zero-order chi connectivity index (χ0) is 13.7. The fourth-order valence-electron chi connectivity index (χ4n) is 1.94. The largest absolute Gasteiger partial charge is 0.478 e. The molecule has 0 bridgehead atoms. The highest BCUT2D eigenvalue weighted by molar-refractivity contribution is 9.09. The third-order valence-corrected chi connectivity index (χ3v) is 4.04. The van der Waals surface area contributed by atoms with Gasteiger partial charge in [-0.05, 0) is 36.1 Å². The highest BCUT2D eigenvalue weighted by Crippen LogP contribution is 2.27. The fourth-order valence-corrected chi connectivity index (χ4v) is 2.47. The lowest BCUT2D eigenvalue weighted by Crippen LogP contribution is -1.97. The fraction of sp³-hybridized carbons (Fsp3) is 0.188. The van der Waals surface area contributed by atoms with E-state index in [-0.39, 0.29) is 0 Å². The summed E-state index contributed by atoms with van der Waals surface area (Å²) in [5, 5.41) is 8.84. The Morgan fingerprint density at radius 1 is 1.05 bits per heavy atom. The van der Waals surface area contributed by atoms with Gasteiger partial charge in [0.1, 0.15) is 0 Å². The van der Waals surface area contributed by atoms with E-state index in [1.54, 1.807) is 12.1 Å². The van der Waals surface area contributed by atoms with Gasteiger partial charge in [0.05, 0.1) is 5.56 Å². The van der Waals surface area contributed by atoms with Crippen LogP contribution in [0.1, 0.15) is 32.7 Å². The third kappa shape index (κ3) is 3.93. The van der Waals surface area contributed by atoms with Crippen LogP contribution in [0.5, 0.6) is 0 Å². The molecule has 19 heavy (non-hydrogen) atoms. The van der Waals surface area contributed by atoms with Gasteiger partial charge in [-0.2, -0.15) is 0 Å². The molecule has 0 aromatic heterocycles. The molecule has 2 aromatic rings. The summed E-state index contributed by atoms with van der Waals surface area (Å²) >= 11 is 3.69. The molecule has 1 N–H and O–H groups in total. The van der Waals surface area contributed by atoms with E-state index in [9.17, 15) is 4.79 Å². The number of carbonyl (C=O) groups is 1. The van der Waals surface area contributed by atoms with Gasteiger partial charge in [-0.25, -0.2) is 4.79 Å². The number of aryl methyl sites for hydroxylation is 1. The Bertz CT molecular complexity index is 534. The third-order valence-electron chi connectivity index (χ3n) is 3.05. The van der Waals surface area contributed by atoms with Crippen LogP contribution in [0.3, 0.4) is 0 Å². The maximum Gasteiger partial charge on any atom is 0.335 e. The van der Waals surface area contributed by atoms with Crippen molar-refractivity contribution in [2.45, 2.75) is 17.7 Å². The summed E-state index contributed by atoms with van der Waals surface area (Å²) < 4.78 is 0. The lowest BCUT2D eigenvalue weighted by molar-refractivity contribution is 0.0697. The van der Waals surface area contributed by atoms with E-state index >= 15 is 0 Å². The van der Waals surface area contributed by atoms with Gasteiger partial charge >= 0.3 is 5.97 Å². The van der Waals surface area contributed by atoms with Crippen molar-refractivity contribution in [3.8, 4) is 0 Å². The standard InChI is InChI=1S/C16H15BrO2/c17-15(13-4-2-1-3-5-13)11-8-12-6-9-14(10-7-12)16(18)19/h1-7,9-10,15H,8,11H2,(H,18,19). The molecule has 0 saturated heterocycles. The number of hydrogen-bond donors (Lipinski definition) is 1. The van der Waals surface area contributed by atoms with Gasteiger partial charge in [0.25, 0.3) is 0 Å². The lowest BCUT2D eigenvalue weighted by atomic mass is 10.0. The predicted molar refractivity (Wildman–Crippen MR) is 79.8 cm³/mol. The highest BCUT2D eigenvalue weighted by Gasteiger charge is 2.07. The molecular formula is C16H15BrO2. The summed E-state index contributed by atoms with van der Waals surface area (Å²) in [6, 6.07) is 17.4. The summed E-state index contributed by atoms with van der Waals surface area (Å²) in [5.74, 6) is -0.880. The van der Waals surface area contributed by atoms with Crippen molar-refractivity contribution >= 4 is 21.9 Å². The van der Waals surface area contributed by atoms with E-state index in [1.165, 1.54) is 5.56 Å². The van der Waals surface area contributed by atoms with E-state index in [1.807, 2.05) is 30.3 Å². The molecule has 0 heterocycles. The normalized spacial score (nSPS) is 12.1. The summed E-state index contributed by atoms with van der Waals surface area (Å²) in [6.07, 6.45) is 1.90. The van der Waals surface area contributed by atoms with Crippen LogP contribution in [0.25, 0.3) is 0 Å². The van der Waals surface area contributed by atoms with Crippen molar-refractivity contribution in [3.63, 3.8) is 0 Å². The molecule has 0 fully saturated rings. The molecule has 0 aliphatic rings. The maximum absolute atomic E-state index is 10.8. The minimum absolute atomic E-state index is 0.327. The number of benzene rings is 2. The van der Waals surface area contributed by atoms with Crippen molar-refractivity contribution in [1.82, 2.24) is 0 Å². The second-order valence-corrected chi connectivity index (χ2v) is 5.52. The topological polar surface area (TPSA) is 37.3 Å². The molecule has 2 rings (SSSR count). The molecule has 0 saturated carbocycles. The average Bonchev–Trinajstić information content (AvgIpc) is 2.46. The Hall–Kier alpha value is -1.61. The first-order chi connectivity index (χ1) is 9.16. The number of alkyl halides is 1. The summed E-state index contributed by atoms with van der Waals surface area (Å²) in [6.45, 7) is 0. The smallest absolute Gasteiger partial charge is 0.335 e. The quantitative estimate of drug-likeness (QED) is 0.827. The van der Waals surface area contributed by atoms with Gasteiger partial charge < -0.3 is 5.11 Å². The van der Waals surface area contributed by atoms with Crippen LogP contribution in [0.4, 0.5) is 0 Å². The molecule has 0 aliphatic carbocycles. The molecule has 1 unspecified atom stereocenters. The minimum atomic E-state index is -0.880. The van der Waals surface area contributed by atoms with E-state index in [2.05, 4.69) is 28.1 Å². The Morgan fingerprint density at radius 3 is 2.26 bits per heavy atom. The van der Waals surface area contributed by atoms with Crippen molar-refractivity contribution in [2.75, 3.05) is 0 Å². The number of aromatic carboxylic acids is 1. The Balaban J connectivity index is 1.93. The van der Waals surface area contributed by atoms with Crippen molar-refractivity contribution in [2.24, 2.45) is 0 Å². The molecule has 2 aromatic carbocycles. The second kappa shape index (κ2) is 6.53. The van der Waals surface area contributed by atoms with Gasteiger partial charge in [0.15, 0.2) is 0 Å². The Kier molecular flexibility index (Phi) is 4.74. The molecule has 98 valence electrons. The molecule has 0 amide bonds. The van der Waals surface area contributed by atoms with Crippen molar-refractivity contribution in [3.05, 3.63) is 71.3 Å². The van der Waals surface area contributed by atoms with E-state index in [4.69, 9.17) is 5.11 Å². The van der Waals surface area contributed by atoms with Crippen LogP contribution in [-0.2, 0) is 6.42 Å². The van der Waals surface area contributed by atoms with Crippen LogP contribution in [-0.4, -0.2) is 11.1 Å². The van der Waals surface area contributed by atoms with E-state index in [0.717, 1.165) is 18.4 Å². The lowest BCUT2D eigenvalue weighted by Gasteiger charge is -2.10. The number of rotatable bonds is 5. The second-order valence-electron chi connectivity index (χ2n) is 4.42. The molecule has 2 nitrogen and oxygen atoms in total. The van der Waals surface area contributed by atoms with E-state index < -0.39 is 5.97 Å². The average molecular weight is 319 g/mol. The number of carboxylic acids is 1. The molecule has 0 radical (unpaired) electrons. The van der Waals surface area contributed by atoms with Gasteiger partial charge in [-0.3, -0.25) is 0 Å². The van der Waals surface area contributed by atoms with Crippen LogP contribution in [0.15, 0.2) is 54.6 Å². The highest BCUT2D eigenvalue weighted by atomic mass is 79.9. The van der Waals surface area contributed by atoms with Crippen molar-refractivity contribution in [1.29, 1.82) is 0 Å². The Morgan fingerprint density at radius 2 is 1.68 bits per heavy atom. The SMILES string of the molecule is O=C(O)c1ccc(CCC(Br)c2ccccc2)cc1. The van der Waals surface area contributed by atoms with Crippen LogP contribution < -0.4 is 0 Å². The zero-order valence-corrected chi connectivity index (χ0v) is 12.0. The maximum atomic E-state index is 10.8. The first-order valence-electron chi connectivity index (χ1n) is 6.18. The number of halogens is 1. The van der Waals surface area contributed by atoms with Gasteiger partial charge in [-0.15, -0.1) is 0 Å². The van der Waals surface area contributed by atoms with Crippen molar-refractivity contribution < 1.29 is 9.90 Å². The van der Waals surface area contributed by atoms with Crippen LogP contribution >= 0.6 is 15.9 Å². The molecule has 1 atom stereocenters. The van der Waals surface area contributed by atoms with Gasteiger partial charge in [0.2, 0.25) is 0 Å². The van der Waals surface area contributed by atoms with Crippen LogP contribution in [0, 0.1) is 0 Å².